The van der Waals surface area contributed by atoms with E-state index in [0.29, 0.717) is 0 Å². The maximum atomic E-state index is 6.48. The van der Waals surface area contributed by atoms with Crippen molar-refractivity contribution >= 4 is 76.2 Å². The molecule has 0 bridgehead atoms. The topological polar surface area (TPSA) is 26.3 Å². The van der Waals surface area contributed by atoms with Gasteiger partial charge in [-0.15, -0.1) is 0 Å². The van der Waals surface area contributed by atoms with Gasteiger partial charge in [-0.1, -0.05) is 127 Å². The fraction of sp³-hybridized carbons (Fsp3) is 0. The average molecular weight is 637 g/mol. The van der Waals surface area contributed by atoms with Gasteiger partial charge < -0.3 is 8.83 Å². The van der Waals surface area contributed by atoms with Crippen LogP contribution >= 0.6 is 0 Å². The average Bonchev–Trinajstić information content (AvgIpc) is 3.75. The Labute approximate surface area is 287 Å². The molecule has 0 fully saturated rings. The molecule has 0 amide bonds. The predicted octanol–water partition coefficient (Wildman–Crippen LogP) is 13.9. The van der Waals surface area contributed by atoms with Crippen molar-refractivity contribution < 1.29 is 8.83 Å². The Bertz CT molecular complexity index is 3080. The SMILES string of the molecule is c1ccc(-c2c3ccccc3c(-c3ccc4cc(-c5ccc6oc7c(ccc8oc9ccccc9c87)c6c5)ccc4c3)c3ccccc23)cc1. The van der Waals surface area contributed by atoms with Crippen molar-refractivity contribution in [3.8, 4) is 33.4 Å². The Morgan fingerprint density at radius 1 is 0.280 bits per heavy atom. The zero-order valence-corrected chi connectivity index (χ0v) is 27.0. The van der Waals surface area contributed by atoms with Gasteiger partial charge in [-0.2, -0.15) is 0 Å². The smallest absolute Gasteiger partial charge is 0.147 e. The fourth-order valence-electron chi connectivity index (χ4n) is 8.16. The number of hydrogen-bond acceptors (Lipinski definition) is 2. The van der Waals surface area contributed by atoms with Crippen molar-refractivity contribution in [2.45, 2.75) is 0 Å². The first-order valence-electron chi connectivity index (χ1n) is 17.1. The van der Waals surface area contributed by atoms with E-state index in [1.54, 1.807) is 0 Å². The molecule has 232 valence electrons. The van der Waals surface area contributed by atoms with Crippen LogP contribution in [0.4, 0.5) is 0 Å². The van der Waals surface area contributed by atoms with E-state index in [1.807, 2.05) is 18.2 Å². The lowest BCUT2D eigenvalue weighted by Crippen LogP contribution is -1.90. The summed E-state index contributed by atoms with van der Waals surface area (Å²) in [5, 5.41) is 11.8. The van der Waals surface area contributed by atoms with Crippen LogP contribution in [0.15, 0.2) is 179 Å². The lowest BCUT2D eigenvalue weighted by atomic mass is 9.85. The largest absolute Gasteiger partial charge is 0.456 e. The van der Waals surface area contributed by atoms with Crippen molar-refractivity contribution in [3.63, 3.8) is 0 Å². The van der Waals surface area contributed by atoms with Gasteiger partial charge in [0.25, 0.3) is 0 Å². The zero-order chi connectivity index (χ0) is 32.8. The molecule has 11 rings (SSSR count). The van der Waals surface area contributed by atoms with Gasteiger partial charge >= 0.3 is 0 Å². The van der Waals surface area contributed by atoms with E-state index in [9.17, 15) is 0 Å². The van der Waals surface area contributed by atoms with E-state index in [0.717, 1.165) is 49.4 Å². The number of rotatable bonds is 3. The second-order valence-corrected chi connectivity index (χ2v) is 13.2. The van der Waals surface area contributed by atoms with Gasteiger partial charge in [-0.05, 0) is 108 Å². The number of furan rings is 2. The van der Waals surface area contributed by atoms with Crippen LogP contribution in [0.5, 0.6) is 0 Å². The highest BCUT2D eigenvalue weighted by Crippen LogP contribution is 2.45. The Morgan fingerprint density at radius 2 is 0.800 bits per heavy atom. The molecule has 2 heterocycles. The Hall–Kier alpha value is -6.64. The van der Waals surface area contributed by atoms with E-state index in [1.165, 1.54) is 60.1 Å². The van der Waals surface area contributed by atoms with E-state index in [-0.39, 0.29) is 0 Å². The molecule has 0 N–H and O–H groups in total. The van der Waals surface area contributed by atoms with Crippen LogP contribution in [-0.4, -0.2) is 0 Å². The van der Waals surface area contributed by atoms with Crippen LogP contribution in [0.2, 0.25) is 0 Å². The molecule has 2 aromatic heterocycles. The summed E-state index contributed by atoms with van der Waals surface area (Å²) in [4.78, 5) is 0. The molecule has 0 atom stereocenters. The molecule has 9 aromatic carbocycles. The van der Waals surface area contributed by atoms with Gasteiger partial charge in [0.05, 0.1) is 5.39 Å². The first-order chi connectivity index (χ1) is 24.8. The molecule has 2 heteroatoms. The third-order valence-corrected chi connectivity index (χ3v) is 10.4. The summed E-state index contributed by atoms with van der Waals surface area (Å²) >= 11 is 0. The Balaban J connectivity index is 1.05. The normalized spacial score (nSPS) is 12.0. The van der Waals surface area contributed by atoms with E-state index in [4.69, 9.17) is 8.83 Å². The maximum Gasteiger partial charge on any atom is 0.147 e. The summed E-state index contributed by atoms with van der Waals surface area (Å²) in [6, 6.07) is 61.0. The van der Waals surface area contributed by atoms with E-state index < -0.39 is 0 Å². The van der Waals surface area contributed by atoms with E-state index >= 15 is 0 Å². The molecule has 0 unspecified atom stereocenters. The lowest BCUT2D eigenvalue weighted by molar-refractivity contribution is 0.663. The molecule has 0 saturated heterocycles. The monoisotopic (exact) mass is 636 g/mol. The van der Waals surface area contributed by atoms with Gasteiger partial charge in [0, 0.05) is 16.2 Å². The molecule has 50 heavy (non-hydrogen) atoms. The molecule has 0 aliphatic carbocycles. The van der Waals surface area contributed by atoms with Crippen LogP contribution in [0.1, 0.15) is 0 Å². The highest BCUT2D eigenvalue weighted by Gasteiger charge is 2.18. The quantitative estimate of drug-likeness (QED) is 0.180. The molecule has 0 aliphatic rings. The summed E-state index contributed by atoms with van der Waals surface area (Å²) in [5.41, 5.74) is 10.9. The minimum Gasteiger partial charge on any atom is -0.456 e. The zero-order valence-electron chi connectivity index (χ0n) is 27.0. The summed E-state index contributed by atoms with van der Waals surface area (Å²) in [5.74, 6) is 0. The van der Waals surface area contributed by atoms with Crippen LogP contribution in [0.3, 0.4) is 0 Å². The van der Waals surface area contributed by atoms with Crippen LogP contribution in [0, 0.1) is 0 Å². The molecule has 0 aliphatic heterocycles. The lowest BCUT2D eigenvalue weighted by Gasteiger charge is -2.18. The number of benzene rings is 9. The first-order valence-corrected chi connectivity index (χ1v) is 17.1. The number of para-hydroxylation sites is 1. The molecule has 0 radical (unpaired) electrons. The highest BCUT2D eigenvalue weighted by atomic mass is 16.3. The molecular weight excluding hydrogens is 609 g/mol. The predicted molar refractivity (Wildman–Crippen MR) is 210 cm³/mol. The van der Waals surface area contributed by atoms with Crippen molar-refractivity contribution in [2.24, 2.45) is 0 Å². The third-order valence-electron chi connectivity index (χ3n) is 10.4. The second-order valence-electron chi connectivity index (χ2n) is 13.2. The molecule has 11 aromatic rings. The van der Waals surface area contributed by atoms with Gasteiger partial charge in [0.2, 0.25) is 0 Å². The highest BCUT2D eigenvalue weighted by molar-refractivity contribution is 6.23. The number of fused-ring (bicyclic) bond motifs is 10. The molecule has 0 spiro atoms. The van der Waals surface area contributed by atoms with Crippen LogP contribution < -0.4 is 0 Å². The van der Waals surface area contributed by atoms with Crippen molar-refractivity contribution in [1.82, 2.24) is 0 Å². The van der Waals surface area contributed by atoms with Crippen LogP contribution in [-0.2, 0) is 0 Å². The third kappa shape index (κ3) is 3.96. The van der Waals surface area contributed by atoms with Crippen molar-refractivity contribution in [1.29, 1.82) is 0 Å². The Kier molecular flexibility index (Phi) is 5.70. The maximum absolute atomic E-state index is 6.48. The molecular formula is C48H28O2. The van der Waals surface area contributed by atoms with Crippen molar-refractivity contribution in [2.75, 3.05) is 0 Å². The minimum atomic E-state index is 0.847. The second kappa shape index (κ2) is 10.4. The minimum absolute atomic E-state index is 0.847. The van der Waals surface area contributed by atoms with Crippen molar-refractivity contribution in [3.05, 3.63) is 170 Å². The standard InChI is InChI=1S/C48H28O2/c1-2-10-29(11-3-1)45-35-12-4-6-14-37(35)46(38-15-7-5-13-36(38)45)34-21-20-30-26-31(18-19-32(30)27-34)33-22-24-43-41(28-33)39-23-25-44-47(48(39)50-43)40-16-8-9-17-42(40)49-44/h1-28H. The van der Waals surface area contributed by atoms with E-state index in [2.05, 4.69) is 152 Å². The van der Waals surface area contributed by atoms with Gasteiger partial charge in [0.15, 0.2) is 0 Å². The summed E-state index contributed by atoms with van der Waals surface area (Å²) < 4.78 is 12.6. The fourth-order valence-corrected chi connectivity index (χ4v) is 8.16. The van der Waals surface area contributed by atoms with Crippen LogP contribution in [0.25, 0.3) is 110 Å². The molecule has 2 nitrogen and oxygen atoms in total. The molecule has 0 saturated carbocycles. The Morgan fingerprint density at radius 3 is 1.52 bits per heavy atom. The number of hydrogen-bond donors (Lipinski definition) is 0. The summed E-state index contributed by atoms with van der Waals surface area (Å²) in [7, 11) is 0. The van der Waals surface area contributed by atoms with Gasteiger partial charge in [0.1, 0.15) is 22.3 Å². The summed E-state index contributed by atoms with van der Waals surface area (Å²) in [6.45, 7) is 0. The first kappa shape index (κ1) is 27.3. The van der Waals surface area contributed by atoms with Gasteiger partial charge in [-0.3, -0.25) is 0 Å². The summed E-state index contributed by atoms with van der Waals surface area (Å²) in [6.07, 6.45) is 0. The van der Waals surface area contributed by atoms with Gasteiger partial charge in [-0.25, -0.2) is 0 Å².